The Kier molecular flexibility index (Phi) is 2.33. The Hall–Kier alpha value is -2.22. The average Bonchev–Trinajstić information content (AvgIpc) is 3.02. The number of aromatic nitrogens is 4. The lowest BCUT2D eigenvalue weighted by molar-refractivity contribution is 0.364. The molecule has 0 aliphatic rings. The molecule has 0 saturated carbocycles. The summed E-state index contributed by atoms with van der Waals surface area (Å²) in [5, 5.41) is 7.60. The molecule has 3 aromatic rings. The average molecular weight is 250 g/mol. The molecule has 0 fully saturated rings. The molecule has 0 spiro atoms. The van der Waals surface area contributed by atoms with Crippen LogP contribution in [0.2, 0.25) is 0 Å². The Morgan fingerprint density at radius 3 is 3.12 bits per heavy atom. The van der Waals surface area contributed by atoms with Gasteiger partial charge in [-0.2, -0.15) is 10.1 Å². The van der Waals surface area contributed by atoms with Crippen molar-refractivity contribution >= 4 is 11.3 Å². The number of furan rings is 1. The van der Waals surface area contributed by atoms with E-state index in [0.717, 1.165) is 11.3 Å². The van der Waals surface area contributed by atoms with Gasteiger partial charge in [0.2, 0.25) is 11.7 Å². The van der Waals surface area contributed by atoms with E-state index in [1.54, 1.807) is 12.1 Å². The van der Waals surface area contributed by atoms with Crippen molar-refractivity contribution in [1.29, 1.82) is 0 Å². The van der Waals surface area contributed by atoms with Gasteiger partial charge in [0.15, 0.2) is 5.76 Å². The standard InChI is InChI=1S/C9H6N4O3S/c14-9-13(10-5-17-9)4-7-11-8(12-16-7)6-2-1-3-15-6/h1-3,5H,4H2. The Morgan fingerprint density at radius 2 is 2.41 bits per heavy atom. The highest BCUT2D eigenvalue weighted by Crippen LogP contribution is 2.15. The molecule has 8 heteroatoms. The maximum absolute atomic E-state index is 11.3. The lowest BCUT2D eigenvalue weighted by Gasteiger charge is -1.90. The minimum atomic E-state index is -0.164. The molecule has 0 atom stereocenters. The minimum absolute atomic E-state index is 0.163. The molecule has 0 bridgehead atoms. The van der Waals surface area contributed by atoms with Crippen molar-refractivity contribution in [2.45, 2.75) is 6.54 Å². The second kappa shape index (κ2) is 3.98. The molecule has 3 rings (SSSR count). The molecular weight excluding hydrogens is 244 g/mol. The van der Waals surface area contributed by atoms with Crippen molar-refractivity contribution in [3.05, 3.63) is 39.5 Å². The van der Waals surface area contributed by atoms with Crippen LogP contribution in [0.4, 0.5) is 0 Å². The van der Waals surface area contributed by atoms with Crippen molar-refractivity contribution in [2.75, 3.05) is 0 Å². The zero-order valence-corrected chi connectivity index (χ0v) is 9.25. The molecule has 0 saturated heterocycles. The largest absolute Gasteiger partial charge is 0.461 e. The third-order valence-corrected chi connectivity index (χ3v) is 2.66. The van der Waals surface area contributed by atoms with Crippen molar-refractivity contribution < 1.29 is 8.94 Å². The first kappa shape index (κ1) is 9.97. The topological polar surface area (TPSA) is 87.0 Å². The van der Waals surface area contributed by atoms with Gasteiger partial charge in [-0.1, -0.05) is 16.5 Å². The fraction of sp³-hybridized carbons (Fsp3) is 0.111. The summed E-state index contributed by atoms with van der Waals surface area (Å²) in [7, 11) is 0. The van der Waals surface area contributed by atoms with E-state index in [1.165, 1.54) is 16.5 Å². The van der Waals surface area contributed by atoms with Crippen molar-refractivity contribution in [2.24, 2.45) is 0 Å². The predicted octanol–water partition coefficient (Wildman–Crippen LogP) is 0.996. The molecule has 17 heavy (non-hydrogen) atoms. The Labute approximate surface area is 98.3 Å². The summed E-state index contributed by atoms with van der Waals surface area (Å²) < 4.78 is 11.4. The van der Waals surface area contributed by atoms with E-state index in [9.17, 15) is 4.79 Å². The molecule has 0 amide bonds. The van der Waals surface area contributed by atoms with Crippen LogP contribution < -0.4 is 4.87 Å². The van der Waals surface area contributed by atoms with E-state index in [2.05, 4.69) is 15.2 Å². The van der Waals surface area contributed by atoms with E-state index in [4.69, 9.17) is 8.94 Å². The zero-order valence-electron chi connectivity index (χ0n) is 8.44. The van der Waals surface area contributed by atoms with Crippen LogP contribution in [0, 0.1) is 0 Å². The predicted molar refractivity (Wildman–Crippen MR) is 57.5 cm³/mol. The first-order valence-electron chi connectivity index (χ1n) is 4.70. The van der Waals surface area contributed by atoms with E-state index >= 15 is 0 Å². The summed E-state index contributed by atoms with van der Waals surface area (Å²) in [6, 6.07) is 3.46. The van der Waals surface area contributed by atoms with Crippen LogP contribution in [0.25, 0.3) is 11.6 Å². The van der Waals surface area contributed by atoms with Gasteiger partial charge in [-0.15, -0.1) is 0 Å². The van der Waals surface area contributed by atoms with Gasteiger partial charge < -0.3 is 8.94 Å². The van der Waals surface area contributed by atoms with Gasteiger partial charge >= 0.3 is 4.87 Å². The molecule has 0 N–H and O–H groups in total. The third kappa shape index (κ3) is 1.89. The molecule has 0 aromatic carbocycles. The van der Waals surface area contributed by atoms with Crippen molar-refractivity contribution in [1.82, 2.24) is 19.9 Å². The minimum Gasteiger partial charge on any atom is -0.461 e. The molecule has 7 nitrogen and oxygen atoms in total. The highest BCUT2D eigenvalue weighted by atomic mass is 32.1. The van der Waals surface area contributed by atoms with Gasteiger partial charge in [-0.05, 0) is 12.1 Å². The molecule has 3 heterocycles. The van der Waals surface area contributed by atoms with Gasteiger partial charge in [0.05, 0.1) is 6.26 Å². The maximum Gasteiger partial charge on any atom is 0.325 e. The smallest absolute Gasteiger partial charge is 0.325 e. The van der Waals surface area contributed by atoms with E-state index in [1.807, 2.05) is 0 Å². The van der Waals surface area contributed by atoms with Gasteiger partial charge in [0.25, 0.3) is 0 Å². The van der Waals surface area contributed by atoms with Gasteiger partial charge in [-0.25, -0.2) is 4.68 Å². The highest BCUT2D eigenvalue weighted by molar-refractivity contribution is 7.06. The van der Waals surface area contributed by atoms with Crippen LogP contribution in [0.3, 0.4) is 0 Å². The summed E-state index contributed by atoms with van der Waals surface area (Å²) in [5.74, 6) is 1.18. The van der Waals surface area contributed by atoms with Crippen LogP contribution in [0.5, 0.6) is 0 Å². The summed E-state index contributed by atoms with van der Waals surface area (Å²) in [6.07, 6.45) is 1.52. The summed E-state index contributed by atoms with van der Waals surface area (Å²) >= 11 is 1.02. The first-order valence-corrected chi connectivity index (χ1v) is 5.58. The summed E-state index contributed by atoms with van der Waals surface area (Å²) in [4.78, 5) is 15.2. The van der Waals surface area contributed by atoms with Crippen molar-refractivity contribution in [3.63, 3.8) is 0 Å². The van der Waals surface area contributed by atoms with E-state index in [-0.39, 0.29) is 11.4 Å². The second-order valence-corrected chi connectivity index (χ2v) is 3.95. The van der Waals surface area contributed by atoms with Gasteiger partial charge in [0, 0.05) is 0 Å². The number of rotatable bonds is 3. The maximum atomic E-state index is 11.3. The Balaban J connectivity index is 1.86. The lowest BCUT2D eigenvalue weighted by atomic mass is 10.4. The second-order valence-electron chi connectivity index (χ2n) is 3.15. The van der Waals surface area contributed by atoms with Crippen molar-refractivity contribution in [3.8, 4) is 11.6 Å². The number of nitrogens with zero attached hydrogens (tertiary/aromatic N) is 4. The lowest BCUT2D eigenvalue weighted by Crippen LogP contribution is -2.15. The zero-order chi connectivity index (χ0) is 11.7. The van der Waals surface area contributed by atoms with Gasteiger partial charge in [0.1, 0.15) is 12.1 Å². The summed E-state index contributed by atoms with van der Waals surface area (Å²) in [6.45, 7) is 0.163. The van der Waals surface area contributed by atoms with E-state index in [0.29, 0.717) is 17.5 Å². The van der Waals surface area contributed by atoms with Crippen LogP contribution in [0.15, 0.2) is 37.6 Å². The monoisotopic (exact) mass is 250 g/mol. The first-order chi connectivity index (χ1) is 8.33. The van der Waals surface area contributed by atoms with Crippen LogP contribution >= 0.6 is 11.3 Å². The molecule has 0 aliphatic carbocycles. The molecule has 86 valence electrons. The summed E-state index contributed by atoms with van der Waals surface area (Å²) in [5.41, 5.74) is 1.46. The molecule has 0 radical (unpaired) electrons. The molecule has 0 unspecified atom stereocenters. The fourth-order valence-corrected chi connectivity index (χ4v) is 1.78. The Morgan fingerprint density at radius 1 is 1.47 bits per heavy atom. The number of hydrogen-bond donors (Lipinski definition) is 0. The quantitative estimate of drug-likeness (QED) is 0.689. The molecule has 0 aliphatic heterocycles. The van der Waals surface area contributed by atoms with Gasteiger partial charge in [-0.3, -0.25) is 4.79 Å². The third-order valence-electron chi connectivity index (χ3n) is 2.05. The fourth-order valence-electron chi connectivity index (χ4n) is 1.29. The normalized spacial score (nSPS) is 10.8. The Bertz CT molecular complexity index is 666. The molecular formula is C9H6N4O3S. The van der Waals surface area contributed by atoms with Crippen LogP contribution in [0.1, 0.15) is 5.89 Å². The molecule has 3 aromatic heterocycles. The van der Waals surface area contributed by atoms with Crippen LogP contribution in [-0.4, -0.2) is 19.9 Å². The SMILES string of the molecule is O=c1scnn1Cc1nc(-c2ccco2)no1. The highest BCUT2D eigenvalue weighted by Gasteiger charge is 2.12. The van der Waals surface area contributed by atoms with Crippen LogP contribution in [-0.2, 0) is 6.54 Å². The van der Waals surface area contributed by atoms with E-state index < -0.39 is 0 Å². The number of hydrogen-bond acceptors (Lipinski definition) is 7.